The highest BCUT2D eigenvalue weighted by atomic mass is 79.9. The Kier molecular flexibility index (Phi) is 3.92. The van der Waals surface area contributed by atoms with E-state index in [1.165, 1.54) is 6.07 Å². The van der Waals surface area contributed by atoms with Crippen molar-refractivity contribution in [2.24, 2.45) is 5.73 Å². The molecule has 0 aliphatic carbocycles. The Bertz CT molecular complexity index is 525. The van der Waals surface area contributed by atoms with Gasteiger partial charge in [0.1, 0.15) is 5.82 Å². The smallest absolute Gasteiger partial charge is 0.126 e. The van der Waals surface area contributed by atoms with Crippen molar-refractivity contribution in [3.63, 3.8) is 0 Å². The number of benzene rings is 2. The molecule has 2 aromatic rings. The molecule has 0 aliphatic rings. The summed E-state index contributed by atoms with van der Waals surface area (Å²) in [6.45, 7) is 0.455. The van der Waals surface area contributed by atoms with Crippen molar-refractivity contribution in [2.45, 2.75) is 6.42 Å². The van der Waals surface area contributed by atoms with E-state index in [2.05, 4.69) is 15.9 Å². The molecule has 17 heavy (non-hydrogen) atoms. The molecule has 0 amide bonds. The van der Waals surface area contributed by atoms with Crippen LogP contribution in [-0.4, -0.2) is 6.54 Å². The maximum atomic E-state index is 13.5. The van der Waals surface area contributed by atoms with Crippen LogP contribution in [0.25, 0.3) is 11.1 Å². The SMILES string of the molecule is NCCc1cc(-c2ccccc2Br)ccc1F. The molecule has 0 saturated heterocycles. The lowest BCUT2D eigenvalue weighted by molar-refractivity contribution is 0.610. The van der Waals surface area contributed by atoms with Gasteiger partial charge in [-0.25, -0.2) is 4.39 Å². The van der Waals surface area contributed by atoms with Crippen molar-refractivity contribution in [3.05, 3.63) is 58.3 Å². The molecule has 0 heterocycles. The van der Waals surface area contributed by atoms with E-state index in [1.807, 2.05) is 30.3 Å². The Morgan fingerprint density at radius 1 is 1.12 bits per heavy atom. The molecule has 0 aliphatic heterocycles. The molecule has 0 atom stereocenters. The highest BCUT2D eigenvalue weighted by molar-refractivity contribution is 9.10. The number of rotatable bonds is 3. The second-order valence-electron chi connectivity index (χ2n) is 3.82. The Morgan fingerprint density at radius 3 is 2.59 bits per heavy atom. The molecule has 0 bridgehead atoms. The Labute approximate surface area is 109 Å². The maximum Gasteiger partial charge on any atom is 0.126 e. The third-order valence-electron chi connectivity index (χ3n) is 2.64. The zero-order valence-electron chi connectivity index (χ0n) is 9.29. The van der Waals surface area contributed by atoms with E-state index in [-0.39, 0.29) is 5.82 Å². The van der Waals surface area contributed by atoms with Crippen LogP contribution in [0, 0.1) is 5.82 Å². The van der Waals surface area contributed by atoms with Crippen molar-refractivity contribution in [1.29, 1.82) is 0 Å². The summed E-state index contributed by atoms with van der Waals surface area (Å²) in [6, 6.07) is 13.0. The summed E-state index contributed by atoms with van der Waals surface area (Å²) >= 11 is 3.50. The monoisotopic (exact) mass is 293 g/mol. The van der Waals surface area contributed by atoms with Gasteiger partial charge in [0, 0.05) is 4.47 Å². The van der Waals surface area contributed by atoms with E-state index in [0.29, 0.717) is 18.5 Å². The van der Waals surface area contributed by atoms with E-state index < -0.39 is 0 Å². The van der Waals surface area contributed by atoms with Crippen LogP contribution in [0.4, 0.5) is 4.39 Å². The molecule has 0 aromatic heterocycles. The topological polar surface area (TPSA) is 26.0 Å². The fraction of sp³-hybridized carbons (Fsp3) is 0.143. The summed E-state index contributed by atoms with van der Waals surface area (Å²) in [5, 5.41) is 0. The van der Waals surface area contributed by atoms with Gasteiger partial charge in [0.25, 0.3) is 0 Å². The van der Waals surface area contributed by atoms with E-state index in [4.69, 9.17) is 5.73 Å². The fourth-order valence-corrected chi connectivity index (χ4v) is 2.30. The second kappa shape index (κ2) is 5.43. The third-order valence-corrected chi connectivity index (χ3v) is 3.34. The Balaban J connectivity index is 2.46. The Hall–Kier alpha value is -1.19. The highest BCUT2D eigenvalue weighted by Crippen LogP contribution is 2.29. The minimum atomic E-state index is -0.189. The van der Waals surface area contributed by atoms with Gasteiger partial charge in [-0.3, -0.25) is 0 Å². The van der Waals surface area contributed by atoms with Crippen molar-refractivity contribution in [2.75, 3.05) is 6.54 Å². The first-order valence-corrected chi connectivity index (χ1v) is 6.25. The van der Waals surface area contributed by atoms with Crippen LogP contribution in [0.3, 0.4) is 0 Å². The van der Waals surface area contributed by atoms with Gasteiger partial charge >= 0.3 is 0 Å². The van der Waals surface area contributed by atoms with E-state index >= 15 is 0 Å². The van der Waals surface area contributed by atoms with Gasteiger partial charge in [0.05, 0.1) is 0 Å². The van der Waals surface area contributed by atoms with E-state index in [9.17, 15) is 4.39 Å². The predicted octanol–water partition coefficient (Wildman–Crippen LogP) is 3.76. The van der Waals surface area contributed by atoms with Crippen LogP contribution >= 0.6 is 15.9 Å². The van der Waals surface area contributed by atoms with Gasteiger partial charge in [0.2, 0.25) is 0 Å². The van der Waals surface area contributed by atoms with E-state index in [0.717, 1.165) is 15.6 Å². The molecule has 2 rings (SSSR count). The van der Waals surface area contributed by atoms with E-state index in [1.54, 1.807) is 6.07 Å². The minimum absolute atomic E-state index is 0.189. The molecule has 88 valence electrons. The molecular formula is C14H13BrFN. The van der Waals surface area contributed by atoms with Crippen LogP contribution in [0.2, 0.25) is 0 Å². The summed E-state index contributed by atoms with van der Waals surface area (Å²) in [5.74, 6) is -0.189. The van der Waals surface area contributed by atoms with Gasteiger partial charge in [-0.1, -0.05) is 40.2 Å². The van der Waals surface area contributed by atoms with Gasteiger partial charge in [0.15, 0.2) is 0 Å². The quantitative estimate of drug-likeness (QED) is 0.916. The zero-order chi connectivity index (χ0) is 12.3. The molecule has 0 saturated carbocycles. The highest BCUT2D eigenvalue weighted by Gasteiger charge is 2.06. The minimum Gasteiger partial charge on any atom is -0.330 e. The van der Waals surface area contributed by atoms with Crippen LogP contribution in [0.15, 0.2) is 46.9 Å². The lowest BCUT2D eigenvalue weighted by Crippen LogP contribution is -2.04. The summed E-state index contributed by atoms with van der Waals surface area (Å²) in [6.07, 6.45) is 0.560. The number of halogens is 2. The molecule has 0 fully saturated rings. The van der Waals surface area contributed by atoms with Gasteiger partial charge in [-0.2, -0.15) is 0 Å². The number of nitrogens with two attached hydrogens (primary N) is 1. The van der Waals surface area contributed by atoms with Crippen molar-refractivity contribution in [3.8, 4) is 11.1 Å². The Morgan fingerprint density at radius 2 is 1.88 bits per heavy atom. The molecule has 0 radical (unpaired) electrons. The largest absolute Gasteiger partial charge is 0.330 e. The normalized spacial score (nSPS) is 10.5. The summed E-state index contributed by atoms with van der Waals surface area (Å²) < 4.78 is 14.5. The standard InChI is InChI=1S/C14H13BrFN/c15-13-4-2-1-3-12(13)10-5-6-14(16)11(9-10)7-8-17/h1-6,9H,7-8,17H2. The van der Waals surface area contributed by atoms with Crippen LogP contribution < -0.4 is 5.73 Å². The number of hydrogen-bond donors (Lipinski definition) is 1. The average molecular weight is 294 g/mol. The lowest BCUT2D eigenvalue weighted by atomic mass is 10.0. The molecule has 2 N–H and O–H groups in total. The second-order valence-corrected chi connectivity index (χ2v) is 4.68. The average Bonchev–Trinajstić information content (AvgIpc) is 2.33. The molecular weight excluding hydrogens is 281 g/mol. The summed E-state index contributed by atoms with van der Waals surface area (Å²) in [4.78, 5) is 0. The first-order valence-electron chi connectivity index (χ1n) is 5.46. The maximum absolute atomic E-state index is 13.5. The molecule has 1 nitrogen and oxygen atoms in total. The van der Waals surface area contributed by atoms with Crippen LogP contribution in [-0.2, 0) is 6.42 Å². The third kappa shape index (κ3) is 2.73. The predicted molar refractivity (Wildman–Crippen MR) is 72.3 cm³/mol. The first kappa shape index (κ1) is 12.3. The summed E-state index contributed by atoms with van der Waals surface area (Å²) in [5.41, 5.74) is 8.20. The van der Waals surface area contributed by atoms with Gasteiger partial charge in [-0.15, -0.1) is 0 Å². The number of hydrogen-bond acceptors (Lipinski definition) is 1. The summed E-state index contributed by atoms with van der Waals surface area (Å²) in [7, 11) is 0. The van der Waals surface area contributed by atoms with Crippen LogP contribution in [0.1, 0.15) is 5.56 Å². The van der Waals surface area contributed by atoms with Crippen molar-refractivity contribution < 1.29 is 4.39 Å². The zero-order valence-corrected chi connectivity index (χ0v) is 10.9. The van der Waals surface area contributed by atoms with Crippen molar-refractivity contribution in [1.82, 2.24) is 0 Å². The van der Waals surface area contributed by atoms with Crippen LogP contribution in [0.5, 0.6) is 0 Å². The van der Waals surface area contributed by atoms with Crippen molar-refractivity contribution >= 4 is 15.9 Å². The fourth-order valence-electron chi connectivity index (χ4n) is 1.78. The van der Waals surface area contributed by atoms with Gasteiger partial charge < -0.3 is 5.73 Å². The molecule has 0 unspecified atom stereocenters. The first-order chi connectivity index (χ1) is 8.22. The molecule has 2 aromatic carbocycles. The van der Waals surface area contributed by atoms with Gasteiger partial charge in [-0.05, 0) is 47.9 Å². The molecule has 0 spiro atoms. The lowest BCUT2D eigenvalue weighted by Gasteiger charge is -2.08. The molecule has 3 heteroatoms.